The summed E-state index contributed by atoms with van der Waals surface area (Å²) in [5.41, 5.74) is 0.896. The Labute approximate surface area is 92.9 Å². The van der Waals surface area contributed by atoms with Crippen molar-refractivity contribution < 1.29 is 4.39 Å². The Morgan fingerprint density at radius 2 is 2.29 bits per heavy atom. The van der Waals surface area contributed by atoms with Crippen LogP contribution in [0.15, 0.2) is 22.0 Å². The quantitative estimate of drug-likeness (QED) is 0.771. The summed E-state index contributed by atoms with van der Waals surface area (Å²) in [6.07, 6.45) is 0.329. The molecular formula is C10H5BrFNS. The van der Waals surface area contributed by atoms with Crippen molar-refractivity contribution in [2.24, 2.45) is 0 Å². The van der Waals surface area contributed by atoms with E-state index in [2.05, 4.69) is 22.0 Å². The van der Waals surface area contributed by atoms with E-state index in [4.69, 9.17) is 5.26 Å². The van der Waals surface area contributed by atoms with E-state index in [0.717, 1.165) is 10.9 Å². The average Bonchev–Trinajstić information content (AvgIpc) is 2.49. The van der Waals surface area contributed by atoms with Crippen LogP contribution in [0.2, 0.25) is 0 Å². The van der Waals surface area contributed by atoms with Crippen molar-refractivity contribution >= 4 is 37.4 Å². The predicted molar refractivity (Wildman–Crippen MR) is 58.8 cm³/mol. The highest BCUT2D eigenvalue weighted by Crippen LogP contribution is 2.31. The van der Waals surface area contributed by atoms with Crippen molar-refractivity contribution in [3.05, 3.63) is 33.4 Å². The molecule has 2 aromatic rings. The molecule has 0 aliphatic heterocycles. The molecule has 70 valence electrons. The van der Waals surface area contributed by atoms with E-state index in [1.807, 2.05) is 11.4 Å². The van der Waals surface area contributed by atoms with Gasteiger partial charge in [-0.3, -0.25) is 0 Å². The molecule has 0 N–H and O–H groups in total. The lowest BCUT2D eigenvalue weighted by Gasteiger charge is -1.96. The zero-order valence-corrected chi connectivity index (χ0v) is 9.45. The molecule has 0 saturated carbocycles. The normalized spacial score (nSPS) is 10.4. The largest absolute Gasteiger partial charge is 0.205 e. The molecule has 0 radical (unpaired) electrons. The Morgan fingerprint density at radius 1 is 1.50 bits per heavy atom. The van der Waals surface area contributed by atoms with Gasteiger partial charge in [-0.05, 0) is 23.1 Å². The van der Waals surface area contributed by atoms with Crippen LogP contribution in [0.1, 0.15) is 5.56 Å². The zero-order valence-electron chi connectivity index (χ0n) is 7.05. The second kappa shape index (κ2) is 3.68. The topological polar surface area (TPSA) is 23.8 Å². The van der Waals surface area contributed by atoms with Gasteiger partial charge >= 0.3 is 0 Å². The van der Waals surface area contributed by atoms with Crippen molar-refractivity contribution in [1.29, 1.82) is 5.26 Å². The van der Waals surface area contributed by atoms with E-state index >= 15 is 0 Å². The van der Waals surface area contributed by atoms with Crippen LogP contribution >= 0.6 is 27.3 Å². The molecule has 0 aliphatic carbocycles. The third-order valence-electron chi connectivity index (χ3n) is 1.94. The number of nitriles is 1. The fourth-order valence-electron chi connectivity index (χ4n) is 1.33. The van der Waals surface area contributed by atoms with Gasteiger partial charge in [0.15, 0.2) is 0 Å². The standard InChI is InChI=1S/C10H5BrFNS/c11-7-3-8-6(1-2-13)5-14-10(8)9(12)4-7/h3-5H,1H2. The summed E-state index contributed by atoms with van der Waals surface area (Å²) in [4.78, 5) is 0. The summed E-state index contributed by atoms with van der Waals surface area (Å²) in [6, 6.07) is 5.36. The Bertz CT molecular complexity index is 527. The highest BCUT2D eigenvalue weighted by atomic mass is 79.9. The summed E-state index contributed by atoms with van der Waals surface area (Å²) in [5, 5.41) is 11.3. The Hall–Kier alpha value is -0.920. The molecule has 0 atom stereocenters. The van der Waals surface area contributed by atoms with Gasteiger partial charge in [-0.1, -0.05) is 15.9 Å². The number of thiophene rings is 1. The number of benzene rings is 1. The van der Waals surface area contributed by atoms with Crippen LogP contribution in [0.4, 0.5) is 4.39 Å². The van der Waals surface area contributed by atoms with Gasteiger partial charge in [-0.15, -0.1) is 11.3 Å². The van der Waals surface area contributed by atoms with Crippen LogP contribution in [0.5, 0.6) is 0 Å². The molecule has 0 amide bonds. The lowest BCUT2D eigenvalue weighted by atomic mass is 10.1. The molecule has 1 heterocycles. The van der Waals surface area contributed by atoms with Gasteiger partial charge in [0.05, 0.1) is 17.2 Å². The lowest BCUT2D eigenvalue weighted by molar-refractivity contribution is 0.641. The molecule has 1 aromatic heterocycles. The molecule has 4 heteroatoms. The van der Waals surface area contributed by atoms with Crippen LogP contribution in [-0.4, -0.2) is 0 Å². The number of fused-ring (bicyclic) bond motifs is 1. The zero-order chi connectivity index (χ0) is 10.1. The molecule has 0 aliphatic rings. The second-order valence-electron chi connectivity index (χ2n) is 2.86. The number of halogens is 2. The van der Waals surface area contributed by atoms with Crippen LogP contribution in [0.25, 0.3) is 10.1 Å². The highest BCUT2D eigenvalue weighted by molar-refractivity contribution is 9.10. The fraction of sp³-hybridized carbons (Fsp3) is 0.100. The number of hydrogen-bond acceptors (Lipinski definition) is 2. The molecular weight excluding hydrogens is 265 g/mol. The first-order valence-electron chi connectivity index (χ1n) is 3.94. The summed E-state index contributed by atoms with van der Waals surface area (Å²) in [6.45, 7) is 0. The molecule has 1 aromatic carbocycles. The van der Waals surface area contributed by atoms with E-state index < -0.39 is 0 Å². The van der Waals surface area contributed by atoms with Gasteiger partial charge in [0.25, 0.3) is 0 Å². The molecule has 14 heavy (non-hydrogen) atoms. The first-order chi connectivity index (χ1) is 6.72. The number of rotatable bonds is 1. The van der Waals surface area contributed by atoms with E-state index in [-0.39, 0.29) is 5.82 Å². The summed E-state index contributed by atoms with van der Waals surface area (Å²) in [5.74, 6) is -0.233. The first kappa shape index (κ1) is 9.63. The number of nitrogens with zero attached hydrogens (tertiary/aromatic N) is 1. The minimum atomic E-state index is -0.233. The molecule has 0 saturated heterocycles. The lowest BCUT2D eigenvalue weighted by Crippen LogP contribution is -1.80. The minimum absolute atomic E-state index is 0.233. The minimum Gasteiger partial charge on any atom is -0.205 e. The maximum Gasteiger partial charge on any atom is 0.142 e. The highest BCUT2D eigenvalue weighted by Gasteiger charge is 2.08. The molecule has 0 spiro atoms. The Morgan fingerprint density at radius 3 is 3.00 bits per heavy atom. The molecule has 2 rings (SSSR count). The SMILES string of the molecule is N#CCc1csc2c(F)cc(Br)cc12. The smallest absolute Gasteiger partial charge is 0.142 e. The molecule has 0 bridgehead atoms. The van der Waals surface area contributed by atoms with Crippen molar-refractivity contribution in [2.75, 3.05) is 0 Å². The van der Waals surface area contributed by atoms with Crippen molar-refractivity contribution in [1.82, 2.24) is 0 Å². The van der Waals surface area contributed by atoms with Gasteiger partial charge in [0.1, 0.15) is 5.82 Å². The summed E-state index contributed by atoms with van der Waals surface area (Å²) < 4.78 is 14.7. The van der Waals surface area contributed by atoms with Gasteiger partial charge < -0.3 is 0 Å². The van der Waals surface area contributed by atoms with Gasteiger partial charge in [0.2, 0.25) is 0 Å². The monoisotopic (exact) mass is 269 g/mol. The van der Waals surface area contributed by atoms with E-state index in [1.54, 1.807) is 0 Å². The van der Waals surface area contributed by atoms with Crippen molar-refractivity contribution in [3.8, 4) is 6.07 Å². The van der Waals surface area contributed by atoms with Gasteiger partial charge in [0, 0.05) is 9.86 Å². The molecule has 0 fully saturated rings. The second-order valence-corrected chi connectivity index (χ2v) is 4.66. The first-order valence-corrected chi connectivity index (χ1v) is 5.61. The molecule has 0 unspecified atom stereocenters. The van der Waals surface area contributed by atoms with Gasteiger partial charge in [-0.2, -0.15) is 5.26 Å². The van der Waals surface area contributed by atoms with Gasteiger partial charge in [-0.25, -0.2) is 4.39 Å². The van der Waals surface area contributed by atoms with E-state index in [0.29, 0.717) is 15.6 Å². The molecule has 1 nitrogen and oxygen atoms in total. The third-order valence-corrected chi connectivity index (χ3v) is 3.45. The van der Waals surface area contributed by atoms with Crippen molar-refractivity contribution in [3.63, 3.8) is 0 Å². The van der Waals surface area contributed by atoms with Crippen LogP contribution < -0.4 is 0 Å². The Kier molecular flexibility index (Phi) is 2.53. The summed E-state index contributed by atoms with van der Waals surface area (Å²) in [7, 11) is 0. The maximum atomic E-state index is 13.4. The third kappa shape index (κ3) is 1.54. The average molecular weight is 270 g/mol. The predicted octanol–water partition coefficient (Wildman–Crippen LogP) is 3.87. The van der Waals surface area contributed by atoms with E-state index in [9.17, 15) is 4.39 Å². The summed E-state index contributed by atoms with van der Waals surface area (Å²) >= 11 is 4.58. The maximum absolute atomic E-state index is 13.4. The number of hydrogen-bond donors (Lipinski definition) is 0. The Balaban J connectivity index is 2.73. The van der Waals surface area contributed by atoms with Crippen LogP contribution in [0.3, 0.4) is 0 Å². The van der Waals surface area contributed by atoms with Crippen LogP contribution in [0, 0.1) is 17.1 Å². The van der Waals surface area contributed by atoms with E-state index in [1.165, 1.54) is 17.4 Å². The van der Waals surface area contributed by atoms with Crippen molar-refractivity contribution in [2.45, 2.75) is 6.42 Å². The van der Waals surface area contributed by atoms with Crippen LogP contribution in [-0.2, 0) is 6.42 Å². The fourth-order valence-corrected chi connectivity index (χ4v) is 2.72.